The number of carbonyl (C=O) groups is 1. The number of phenolic OH excluding ortho intramolecular Hbond substituents is 1. The van der Waals surface area contributed by atoms with Crippen LogP contribution in [-0.4, -0.2) is 16.5 Å². The van der Waals surface area contributed by atoms with Gasteiger partial charge in [0.2, 0.25) is 0 Å². The number of rotatable bonds is 0. The molecule has 3 aliphatic rings. The minimum absolute atomic E-state index is 0.171. The highest BCUT2D eigenvalue weighted by molar-refractivity contribution is 6.02. The van der Waals surface area contributed by atoms with Crippen molar-refractivity contribution < 1.29 is 14.6 Å². The number of fused-ring (bicyclic) bond motifs is 2. The number of allylic oxidation sites excluding steroid dienone is 2. The predicted octanol–water partition coefficient (Wildman–Crippen LogP) is 4.41. The SMILES string of the molecule is CC(C)=C1CC[C@@]2(C)Oc3ccc(O)cc3C3=CC(=O)CC[C@]312. The Morgan fingerprint density at radius 2 is 2.00 bits per heavy atom. The van der Waals surface area contributed by atoms with Crippen LogP contribution < -0.4 is 4.74 Å². The monoisotopic (exact) mass is 310 g/mol. The lowest BCUT2D eigenvalue weighted by Crippen LogP contribution is -2.52. The maximum Gasteiger partial charge on any atom is 0.156 e. The van der Waals surface area contributed by atoms with Crippen LogP contribution in [0.25, 0.3) is 5.57 Å². The van der Waals surface area contributed by atoms with E-state index in [1.807, 2.05) is 6.07 Å². The van der Waals surface area contributed by atoms with Crippen molar-refractivity contribution in [3.05, 3.63) is 41.0 Å². The third-order valence-electron chi connectivity index (χ3n) is 5.97. The van der Waals surface area contributed by atoms with Crippen LogP contribution in [0.1, 0.15) is 52.0 Å². The van der Waals surface area contributed by atoms with Crippen molar-refractivity contribution in [2.45, 2.75) is 52.1 Å². The zero-order valence-electron chi connectivity index (χ0n) is 13.9. The van der Waals surface area contributed by atoms with Crippen LogP contribution in [0.3, 0.4) is 0 Å². The Hall–Kier alpha value is -2.03. The van der Waals surface area contributed by atoms with Gasteiger partial charge in [-0.25, -0.2) is 0 Å². The molecule has 3 nitrogen and oxygen atoms in total. The van der Waals surface area contributed by atoms with Gasteiger partial charge in [0, 0.05) is 12.0 Å². The van der Waals surface area contributed by atoms with Crippen LogP contribution in [0.4, 0.5) is 0 Å². The van der Waals surface area contributed by atoms with Crippen LogP contribution in [0.5, 0.6) is 11.5 Å². The van der Waals surface area contributed by atoms with Gasteiger partial charge in [-0.15, -0.1) is 0 Å². The molecule has 0 bridgehead atoms. The van der Waals surface area contributed by atoms with Crippen molar-refractivity contribution in [2.75, 3.05) is 0 Å². The number of phenols is 1. The first-order chi connectivity index (χ1) is 10.9. The molecule has 0 unspecified atom stereocenters. The second-order valence-corrected chi connectivity index (χ2v) is 7.42. The lowest BCUT2D eigenvalue weighted by Gasteiger charge is -2.52. The average Bonchev–Trinajstić information content (AvgIpc) is 2.78. The molecular formula is C20H22O3. The van der Waals surface area contributed by atoms with E-state index in [1.54, 1.807) is 18.2 Å². The van der Waals surface area contributed by atoms with Crippen LogP contribution in [-0.2, 0) is 4.79 Å². The van der Waals surface area contributed by atoms with Crippen molar-refractivity contribution in [3.63, 3.8) is 0 Å². The number of hydrogen-bond acceptors (Lipinski definition) is 3. The fourth-order valence-corrected chi connectivity index (χ4v) is 4.96. The average molecular weight is 310 g/mol. The molecule has 23 heavy (non-hydrogen) atoms. The van der Waals surface area contributed by atoms with Gasteiger partial charge in [-0.2, -0.15) is 0 Å². The molecule has 0 saturated heterocycles. The summed E-state index contributed by atoms with van der Waals surface area (Å²) in [6.07, 6.45) is 5.12. The molecule has 3 heteroatoms. The summed E-state index contributed by atoms with van der Waals surface area (Å²) in [6, 6.07) is 5.21. The van der Waals surface area contributed by atoms with Gasteiger partial charge >= 0.3 is 0 Å². The van der Waals surface area contributed by atoms with Gasteiger partial charge in [0.15, 0.2) is 5.78 Å². The van der Waals surface area contributed by atoms with E-state index in [0.29, 0.717) is 6.42 Å². The number of ether oxygens (including phenoxy) is 1. The molecule has 1 saturated carbocycles. The Balaban J connectivity index is 2.07. The number of ketones is 1. The molecule has 0 amide bonds. The van der Waals surface area contributed by atoms with Gasteiger partial charge in [-0.1, -0.05) is 11.1 Å². The molecule has 4 rings (SSSR count). The smallest absolute Gasteiger partial charge is 0.156 e. The van der Waals surface area contributed by atoms with Gasteiger partial charge in [-0.3, -0.25) is 4.79 Å². The summed E-state index contributed by atoms with van der Waals surface area (Å²) in [5.74, 6) is 1.16. The third kappa shape index (κ3) is 1.73. The molecule has 1 aromatic rings. The molecule has 2 atom stereocenters. The van der Waals surface area contributed by atoms with Gasteiger partial charge < -0.3 is 9.84 Å². The van der Waals surface area contributed by atoms with E-state index in [4.69, 9.17) is 4.74 Å². The summed E-state index contributed by atoms with van der Waals surface area (Å²) < 4.78 is 6.48. The van der Waals surface area contributed by atoms with Crippen molar-refractivity contribution in [1.29, 1.82) is 0 Å². The van der Waals surface area contributed by atoms with Crippen molar-refractivity contribution in [2.24, 2.45) is 5.41 Å². The van der Waals surface area contributed by atoms with Gasteiger partial charge in [0.1, 0.15) is 17.1 Å². The number of aromatic hydroxyl groups is 1. The van der Waals surface area contributed by atoms with E-state index >= 15 is 0 Å². The Labute approximate surface area is 136 Å². The highest BCUT2D eigenvalue weighted by atomic mass is 16.5. The van der Waals surface area contributed by atoms with Gasteiger partial charge in [0.05, 0.1) is 5.41 Å². The van der Waals surface area contributed by atoms with Crippen LogP contribution in [0.15, 0.2) is 35.4 Å². The lowest BCUT2D eigenvalue weighted by atomic mass is 9.58. The molecule has 1 heterocycles. The van der Waals surface area contributed by atoms with Gasteiger partial charge in [0.25, 0.3) is 0 Å². The minimum Gasteiger partial charge on any atom is -0.508 e. The Morgan fingerprint density at radius 3 is 2.74 bits per heavy atom. The molecule has 120 valence electrons. The Kier molecular flexibility index (Phi) is 2.85. The summed E-state index contributed by atoms with van der Waals surface area (Å²) >= 11 is 0. The number of carbonyl (C=O) groups excluding carboxylic acids is 1. The molecule has 1 fully saturated rings. The van der Waals surface area contributed by atoms with E-state index in [-0.39, 0.29) is 22.5 Å². The molecule has 0 radical (unpaired) electrons. The number of benzene rings is 1. The Bertz CT molecular complexity index is 782. The third-order valence-corrected chi connectivity index (χ3v) is 5.97. The van der Waals surface area contributed by atoms with Crippen molar-refractivity contribution >= 4 is 11.4 Å². The summed E-state index contributed by atoms with van der Waals surface area (Å²) in [4.78, 5) is 12.2. The van der Waals surface area contributed by atoms with Crippen molar-refractivity contribution in [1.82, 2.24) is 0 Å². The summed E-state index contributed by atoms with van der Waals surface area (Å²) in [6.45, 7) is 6.49. The first kappa shape index (κ1) is 14.6. The second kappa shape index (κ2) is 4.50. The fraction of sp³-hybridized carbons (Fsp3) is 0.450. The normalized spacial score (nSPS) is 31.7. The van der Waals surface area contributed by atoms with Gasteiger partial charge in [-0.05, 0) is 69.9 Å². The topological polar surface area (TPSA) is 46.5 Å². The van der Waals surface area contributed by atoms with Crippen LogP contribution in [0.2, 0.25) is 0 Å². The second-order valence-electron chi connectivity index (χ2n) is 7.42. The van der Waals surface area contributed by atoms with E-state index in [1.165, 1.54) is 11.1 Å². The van der Waals surface area contributed by atoms with Crippen molar-refractivity contribution in [3.8, 4) is 11.5 Å². The quantitative estimate of drug-likeness (QED) is 0.722. The molecule has 2 aliphatic carbocycles. The number of hydrogen-bond donors (Lipinski definition) is 1. The maximum atomic E-state index is 12.2. The molecular weight excluding hydrogens is 288 g/mol. The molecule has 1 aliphatic heterocycles. The highest BCUT2D eigenvalue weighted by Gasteiger charge is 2.62. The highest BCUT2D eigenvalue weighted by Crippen LogP contribution is 2.66. The van der Waals surface area contributed by atoms with Crippen LogP contribution in [0, 0.1) is 5.41 Å². The molecule has 1 spiro atoms. The minimum atomic E-state index is -0.323. The van der Waals surface area contributed by atoms with E-state index in [2.05, 4.69) is 20.8 Å². The standard InChI is InChI=1S/C20H22O3/c1-12(2)16-7-8-19(3)20(16)9-6-14(22)11-17(20)15-10-13(21)4-5-18(15)23-19/h4-5,10-11,21H,6-9H2,1-3H3/t19-,20-/m1/s1. The molecule has 0 aromatic heterocycles. The van der Waals surface area contributed by atoms with E-state index in [0.717, 1.165) is 36.1 Å². The maximum absolute atomic E-state index is 12.2. The molecule has 1 N–H and O–H groups in total. The summed E-state index contributed by atoms with van der Waals surface area (Å²) in [7, 11) is 0. The fourth-order valence-electron chi connectivity index (χ4n) is 4.96. The summed E-state index contributed by atoms with van der Waals surface area (Å²) in [5, 5.41) is 9.94. The van der Waals surface area contributed by atoms with E-state index < -0.39 is 0 Å². The Morgan fingerprint density at radius 1 is 1.22 bits per heavy atom. The zero-order valence-corrected chi connectivity index (χ0v) is 13.9. The first-order valence-electron chi connectivity index (χ1n) is 8.32. The lowest BCUT2D eigenvalue weighted by molar-refractivity contribution is -0.116. The largest absolute Gasteiger partial charge is 0.508 e. The van der Waals surface area contributed by atoms with Crippen LogP contribution >= 0.6 is 0 Å². The first-order valence-corrected chi connectivity index (χ1v) is 8.32. The van der Waals surface area contributed by atoms with E-state index in [9.17, 15) is 9.90 Å². The predicted molar refractivity (Wildman–Crippen MR) is 89.4 cm³/mol. The zero-order chi connectivity index (χ0) is 16.4. The summed E-state index contributed by atoms with van der Waals surface area (Å²) in [5.41, 5.74) is 4.09. The molecule has 1 aromatic carbocycles.